The van der Waals surface area contributed by atoms with Gasteiger partial charge in [-0.3, -0.25) is 9.59 Å². The molecule has 1 heterocycles. The predicted molar refractivity (Wildman–Crippen MR) is 80.9 cm³/mol. The number of hydrogen-bond donors (Lipinski definition) is 1. The number of Topliss-reactive ketones (excluding diaryl/α,β-unsaturated/α-hetero) is 1. The lowest BCUT2D eigenvalue weighted by atomic mass is 9.67. The number of amides is 1. The molecule has 0 bridgehead atoms. The summed E-state index contributed by atoms with van der Waals surface area (Å²) in [6.45, 7) is 2.79. The first-order valence-electron chi connectivity index (χ1n) is 7.65. The second-order valence-corrected chi connectivity index (χ2v) is 6.01. The summed E-state index contributed by atoms with van der Waals surface area (Å²) in [6.07, 6.45) is 1.15. The fourth-order valence-corrected chi connectivity index (χ4v) is 3.65. The molecule has 2 fully saturated rings. The average molecular weight is 303 g/mol. The minimum Gasteiger partial charge on any atom is -0.384 e. The fourth-order valence-electron chi connectivity index (χ4n) is 3.65. The second-order valence-electron chi connectivity index (χ2n) is 6.01. The summed E-state index contributed by atoms with van der Waals surface area (Å²) in [5, 5.41) is 3.08. The SMILES string of the molecule is COC[C@@H]1[C@H](NC(=O)c2ccccc2C(C)=O)[C@@H]2CCO[C@H]12. The van der Waals surface area contributed by atoms with Crippen molar-refractivity contribution in [1.29, 1.82) is 0 Å². The highest BCUT2D eigenvalue weighted by molar-refractivity contribution is 6.07. The van der Waals surface area contributed by atoms with Gasteiger partial charge in [-0.1, -0.05) is 18.2 Å². The van der Waals surface area contributed by atoms with Gasteiger partial charge < -0.3 is 14.8 Å². The van der Waals surface area contributed by atoms with Crippen molar-refractivity contribution in [3.63, 3.8) is 0 Å². The van der Waals surface area contributed by atoms with Crippen molar-refractivity contribution >= 4 is 11.7 Å². The van der Waals surface area contributed by atoms with Crippen LogP contribution in [0.15, 0.2) is 24.3 Å². The topological polar surface area (TPSA) is 64.6 Å². The van der Waals surface area contributed by atoms with Crippen molar-refractivity contribution in [3.8, 4) is 0 Å². The third kappa shape index (κ3) is 2.55. The van der Waals surface area contributed by atoms with Crippen LogP contribution >= 0.6 is 0 Å². The first-order chi connectivity index (χ1) is 10.6. The smallest absolute Gasteiger partial charge is 0.252 e. The third-order valence-electron chi connectivity index (χ3n) is 4.74. The van der Waals surface area contributed by atoms with E-state index in [0.29, 0.717) is 23.7 Å². The van der Waals surface area contributed by atoms with Gasteiger partial charge in [0.1, 0.15) is 0 Å². The van der Waals surface area contributed by atoms with E-state index in [1.54, 1.807) is 31.4 Å². The molecule has 0 spiro atoms. The molecule has 1 aliphatic heterocycles. The van der Waals surface area contributed by atoms with Crippen LogP contribution in [-0.4, -0.2) is 44.2 Å². The number of carbonyl (C=O) groups excluding carboxylic acids is 2. The van der Waals surface area contributed by atoms with Crippen molar-refractivity contribution < 1.29 is 19.1 Å². The lowest BCUT2D eigenvalue weighted by molar-refractivity contribution is -0.0809. The highest BCUT2D eigenvalue weighted by Gasteiger charge is 2.54. The summed E-state index contributed by atoms with van der Waals surface area (Å²) in [4.78, 5) is 24.2. The number of hydrogen-bond acceptors (Lipinski definition) is 4. The van der Waals surface area contributed by atoms with Gasteiger partial charge in [-0.05, 0) is 19.4 Å². The Morgan fingerprint density at radius 1 is 1.32 bits per heavy atom. The number of ketones is 1. The molecule has 1 amide bonds. The summed E-state index contributed by atoms with van der Waals surface area (Å²) in [7, 11) is 1.66. The Hall–Kier alpha value is -1.72. The lowest BCUT2D eigenvalue weighted by Crippen LogP contribution is -2.62. The Bertz CT molecular complexity index is 586. The monoisotopic (exact) mass is 303 g/mol. The molecule has 5 heteroatoms. The molecule has 1 aromatic carbocycles. The maximum Gasteiger partial charge on any atom is 0.252 e. The number of ether oxygens (including phenoxy) is 2. The summed E-state index contributed by atoms with van der Waals surface area (Å²) < 4.78 is 11.0. The van der Waals surface area contributed by atoms with Gasteiger partial charge in [-0.25, -0.2) is 0 Å². The minimum absolute atomic E-state index is 0.0555. The number of nitrogens with one attached hydrogen (secondary N) is 1. The number of methoxy groups -OCH3 is 1. The zero-order valence-electron chi connectivity index (χ0n) is 12.9. The van der Waals surface area contributed by atoms with Gasteiger partial charge in [0.15, 0.2) is 5.78 Å². The molecule has 5 nitrogen and oxygen atoms in total. The molecule has 1 saturated heterocycles. The van der Waals surface area contributed by atoms with Gasteiger partial charge in [0.05, 0.1) is 18.3 Å². The zero-order chi connectivity index (χ0) is 15.7. The maximum absolute atomic E-state index is 12.6. The van der Waals surface area contributed by atoms with E-state index in [1.807, 2.05) is 0 Å². The van der Waals surface area contributed by atoms with Gasteiger partial charge in [-0.2, -0.15) is 0 Å². The first kappa shape index (κ1) is 15.2. The first-order valence-corrected chi connectivity index (χ1v) is 7.65. The normalized spacial score (nSPS) is 29.5. The van der Waals surface area contributed by atoms with Crippen LogP contribution in [0.3, 0.4) is 0 Å². The average Bonchev–Trinajstić information content (AvgIpc) is 2.94. The highest BCUT2D eigenvalue weighted by Crippen LogP contribution is 2.43. The molecule has 0 aromatic heterocycles. The van der Waals surface area contributed by atoms with Crippen molar-refractivity contribution in [1.82, 2.24) is 5.32 Å². The van der Waals surface area contributed by atoms with Crippen LogP contribution in [0.2, 0.25) is 0 Å². The number of fused-ring (bicyclic) bond motifs is 1. The number of carbonyl (C=O) groups is 2. The van der Waals surface area contributed by atoms with E-state index in [4.69, 9.17) is 9.47 Å². The molecule has 4 atom stereocenters. The van der Waals surface area contributed by atoms with Crippen LogP contribution in [0.5, 0.6) is 0 Å². The van der Waals surface area contributed by atoms with Crippen LogP contribution < -0.4 is 5.32 Å². The van der Waals surface area contributed by atoms with E-state index >= 15 is 0 Å². The van der Waals surface area contributed by atoms with E-state index in [1.165, 1.54) is 6.92 Å². The largest absolute Gasteiger partial charge is 0.384 e. The Morgan fingerprint density at radius 3 is 2.73 bits per heavy atom. The molecular formula is C17H21NO4. The van der Waals surface area contributed by atoms with E-state index in [9.17, 15) is 9.59 Å². The molecule has 1 N–H and O–H groups in total. The molecule has 1 saturated carbocycles. The van der Waals surface area contributed by atoms with E-state index in [-0.39, 0.29) is 29.8 Å². The highest BCUT2D eigenvalue weighted by atomic mass is 16.5. The van der Waals surface area contributed by atoms with Gasteiger partial charge in [-0.15, -0.1) is 0 Å². The zero-order valence-corrected chi connectivity index (χ0v) is 12.9. The molecule has 1 aliphatic carbocycles. The Balaban J connectivity index is 1.75. The lowest BCUT2D eigenvalue weighted by Gasteiger charge is -2.47. The Kier molecular flexibility index (Phi) is 4.27. The molecule has 0 unspecified atom stereocenters. The molecular weight excluding hydrogens is 282 g/mol. The van der Waals surface area contributed by atoms with E-state index in [2.05, 4.69) is 5.32 Å². The number of rotatable bonds is 5. The van der Waals surface area contributed by atoms with Crippen molar-refractivity contribution in [2.45, 2.75) is 25.5 Å². The molecule has 22 heavy (non-hydrogen) atoms. The van der Waals surface area contributed by atoms with Crippen molar-refractivity contribution in [3.05, 3.63) is 35.4 Å². The Morgan fingerprint density at radius 2 is 2.05 bits per heavy atom. The van der Waals surface area contributed by atoms with Crippen molar-refractivity contribution in [2.75, 3.05) is 20.3 Å². The van der Waals surface area contributed by atoms with Crippen LogP contribution in [0.4, 0.5) is 0 Å². The maximum atomic E-state index is 12.6. The van der Waals surface area contributed by atoms with Crippen LogP contribution in [-0.2, 0) is 9.47 Å². The van der Waals surface area contributed by atoms with Gasteiger partial charge in [0.2, 0.25) is 0 Å². The van der Waals surface area contributed by atoms with Crippen LogP contribution in [0.1, 0.15) is 34.1 Å². The second kappa shape index (κ2) is 6.18. The summed E-state index contributed by atoms with van der Waals surface area (Å²) in [5.74, 6) is 0.247. The molecule has 3 rings (SSSR count). The molecule has 1 aromatic rings. The van der Waals surface area contributed by atoms with Crippen LogP contribution in [0, 0.1) is 11.8 Å². The minimum atomic E-state index is -0.192. The quantitative estimate of drug-likeness (QED) is 0.840. The van der Waals surface area contributed by atoms with Crippen molar-refractivity contribution in [2.24, 2.45) is 11.8 Å². The van der Waals surface area contributed by atoms with Gasteiger partial charge in [0, 0.05) is 37.2 Å². The van der Waals surface area contributed by atoms with E-state index < -0.39 is 0 Å². The summed E-state index contributed by atoms with van der Waals surface area (Å²) in [5.41, 5.74) is 0.898. The van der Waals surface area contributed by atoms with Gasteiger partial charge in [0.25, 0.3) is 5.91 Å². The standard InChI is InChI=1S/C17H21NO4/c1-10(19)11-5-3-4-6-12(11)17(20)18-15-13-7-8-22-16(13)14(15)9-21-2/h3-6,13-16H,7-9H2,1-2H3,(H,18,20)/t13-,14+,15+,16-/m0/s1. The molecule has 118 valence electrons. The third-order valence-corrected chi connectivity index (χ3v) is 4.74. The molecule has 0 radical (unpaired) electrons. The van der Waals surface area contributed by atoms with Crippen LogP contribution in [0.25, 0.3) is 0 Å². The predicted octanol–water partition coefficient (Wildman–Crippen LogP) is 1.67. The number of benzene rings is 1. The summed E-state index contributed by atoms with van der Waals surface area (Å²) >= 11 is 0. The fraction of sp³-hybridized carbons (Fsp3) is 0.529. The van der Waals surface area contributed by atoms with E-state index in [0.717, 1.165) is 13.0 Å². The molecule has 2 aliphatic rings. The van der Waals surface area contributed by atoms with Gasteiger partial charge >= 0.3 is 0 Å². The summed E-state index contributed by atoms with van der Waals surface area (Å²) in [6, 6.07) is 6.98. The Labute approximate surface area is 130 Å².